The molecule has 0 amide bonds. The first-order valence-electron chi connectivity index (χ1n) is 6.75. The summed E-state index contributed by atoms with van der Waals surface area (Å²) in [4.78, 5) is 5.24. The van der Waals surface area contributed by atoms with Gasteiger partial charge in [0.2, 0.25) is 0 Å². The van der Waals surface area contributed by atoms with Gasteiger partial charge in [-0.25, -0.2) is 4.98 Å². The number of aromatic nitrogens is 1. The van der Waals surface area contributed by atoms with Crippen molar-refractivity contribution in [1.82, 2.24) is 4.98 Å². The van der Waals surface area contributed by atoms with Gasteiger partial charge in [0.1, 0.15) is 12.4 Å². The number of thiazole rings is 1. The van der Waals surface area contributed by atoms with Crippen molar-refractivity contribution in [2.45, 2.75) is 13.0 Å². The molecule has 2 N–H and O–H groups in total. The third-order valence-electron chi connectivity index (χ3n) is 3.12. The van der Waals surface area contributed by atoms with Gasteiger partial charge in [-0.15, -0.1) is 11.3 Å². The second kappa shape index (κ2) is 6.41. The third-order valence-corrected chi connectivity index (χ3v) is 3.95. The smallest absolute Gasteiger partial charge is 0.180 e. The Morgan fingerprint density at radius 2 is 1.71 bits per heavy atom. The van der Waals surface area contributed by atoms with E-state index in [9.17, 15) is 0 Å². The summed E-state index contributed by atoms with van der Waals surface area (Å²) in [5, 5.41) is 0.618. The summed E-state index contributed by atoms with van der Waals surface area (Å²) in [5.41, 5.74) is 8.03. The van der Waals surface area contributed by atoms with Crippen LogP contribution in [0.1, 0.15) is 16.0 Å². The number of hydrogen-bond donors (Lipinski definition) is 1. The van der Waals surface area contributed by atoms with Gasteiger partial charge in [-0.05, 0) is 23.3 Å². The van der Waals surface area contributed by atoms with Crippen LogP contribution >= 0.6 is 11.3 Å². The molecule has 3 rings (SSSR count). The average Bonchev–Trinajstić information content (AvgIpc) is 2.93. The van der Waals surface area contributed by atoms with E-state index in [-0.39, 0.29) is 0 Å². The van der Waals surface area contributed by atoms with E-state index in [2.05, 4.69) is 29.2 Å². The molecule has 3 aromatic rings. The lowest BCUT2D eigenvalue weighted by molar-refractivity contribution is 0.306. The van der Waals surface area contributed by atoms with E-state index in [1.807, 2.05) is 36.5 Å². The lowest BCUT2D eigenvalue weighted by Gasteiger charge is -2.07. The molecular formula is C17H16N2OS. The SMILES string of the molecule is Nc1ncc(Cc2ccc(OCc3ccccc3)cc2)s1. The van der Waals surface area contributed by atoms with Gasteiger partial charge in [-0.3, -0.25) is 0 Å². The maximum absolute atomic E-state index is 5.77. The second-order valence-corrected chi connectivity index (χ2v) is 5.91. The second-order valence-electron chi connectivity index (χ2n) is 4.76. The van der Waals surface area contributed by atoms with E-state index in [1.54, 1.807) is 0 Å². The Hall–Kier alpha value is -2.33. The maximum Gasteiger partial charge on any atom is 0.180 e. The van der Waals surface area contributed by atoms with Crippen molar-refractivity contribution in [3.05, 3.63) is 76.8 Å². The average molecular weight is 296 g/mol. The van der Waals surface area contributed by atoms with Crippen LogP contribution in [-0.2, 0) is 13.0 Å². The Morgan fingerprint density at radius 3 is 2.38 bits per heavy atom. The number of nitrogen functional groups attached to an aromatic ring is 1. The summed E-state index contributed by atoms with van der Waals surface area (Å²) in [5.74, 6) is 0.881. The van der Waals surface area contributed by atoms with Crippen molar-refractivity contribution in [2.75, 3.05) is 5.73 Å². The first-order valence-corrected chi connectivity index (χ1v) is 7.57. The quantitative estimate of drug-likeness (QED) is 0.777. The molecule has 0 aliphatic carbocycles. The topological polar surface area (TPSA) is 48.1 Å². The van der Waals surface area contributed by atoms with Gasteiger partial charge >= 0.3 is 0 Å². The molecule has 0 spiro atoms. The molecule has 1 heterocycles. The molecule has 2 aromatic carbocycles. The monoisotopic (exact) mass is 296 g/mol. The van der Waals surface area contributed by atoms with E-state index in [0.717, 1.165) is 12.2 Å². The minimum absolute atomic E-state index is 0.589. The number of anilines is 1. The summed E-state index contributed by atoms with van der Waals surface area (Å²) < 4.78 is 5.77. The molecule has 21 heavy (non-hydrogen) atoms. The molecule has 4 heteroatoms. The normalized spacial score (nSPS) is 10.5. The van der Waals surface area contributed by atoms with E-state index in [0.29, 0.717) is 11.7 Å². The highest BCUT2D eigenvalue weighted by Crippen LogP contribution is 2.20. The van der Waals surface area contributed by atoms with Crippen LogP contribution in [-0.4, -0.2) is 4.98 Å². The van der Waals surface area contributed by atoms with Gasteiger partial charge in [0.25, 0.3) is 0 Å². The Labute approximate surface area is 128 Å². The van der Waals surface area contributed by atoms with E-state index in [4.69, 9.17) is 10.5 Å². The maximum atomic E-state index is 5.77. The largest absolute Gasteiger partial charge is 0.489 e. The van der Waals surface area contributed by atoms with Gasteiger partial charge in [-0.1, -0.05) is 42.5 Å². The fourth-order valence-corrected chi connectivity index (χ4v) is 2.77. The molecule has 0 atom stereocenters. The Bertz CT molecular complexity index is 692. The first kappa shape index (κ1) is 13.6. The molecule has 0 bridgehead atoms. The van der Waals surface area contributed by atoms with E-state index >= 15 is 0 Å². The zero-order valence-corrected chi connectivity index (χ0v) is 12.3. The van der Waals surface area contributed by atoms with Crippen molar-refractivity contribution in [2.24, 2.45) is 0 Å². The number of hydrogen-bond acceptors (Lipinski definition) is 4. The van der Waals surface area contributed by atoms with Crippen LogP contribution in [0, 0.1) is 0 Å². The number of rotatable bonds is 5. The summed E-state index contributed by atoms with van der Waals surface area (Å²) in [7, 11) is 0. The van der Waals surface area contributed by atoms with Gasteiger partial charge in [0.05, 0.1) is 0 Å². The molecule has 0 radical (unpaired) electrons. The number of ether oxygens (including phenoxy) is 1. The molecule has 1 aromatic heterocycles. The summed E-state index contributed by atoms with van der Waals surface area (Å²) in [6.45, 7) is 0.589. The summed E-state index contributed by atoms with van der Waals surface area (Å²) in [6.07, 6.45) is 2.69. The fraction of sp³-hybridized carbons (Fsp3) is 0.118. The molecule has 0 fully saturated rings. The van der Waals surface area contributed by atoms with Crippen LogP contribution in [0.15, 0.2) is 60.8 Å². The molecule has 0 saturated heterocycles. The van der Waals surface area contributed by atoms with Crippen LogP contribution in [0.2, 0.25) is 0 Å². The molecule has 106 valence electrons. The zero-order chi connectivity index (χ0) is 14.5. The highest BCUT2D eigenvalue weighted by Gasteiger charge is 2.02. The minimum Gasteiger partial charge on any atom is -0.489 e. The third kappa shape index (κ3) is 3.83. The van der Waals surface area contributed by atoms with Gasteiger partial charge < -0.3 is 10.5 Å². The van der Waals surface area contributed by atoms with Crippen molar-refractivity contribution < 1.29 is 4.74 Å². The Morgan fingerprint density at radius 1 is 0.952 bits per heavy atom. The van der Waals surface area contributed by atoms with Gasteiger partial charge in [0, 0.05) is 17.5 Å². The van der Waals surface area contributed by atoms with Crippen molar-refractivity contribution in [1.29, 1.82) is 0 Å². The van der Waals surface area contributed by atoms with E-state index in [1.165, 1.54) is 27.3 Å². The Balaban J connectivity index is 1.59. The fourth-order valence-electron chi connectivity index (χ4n) is 2.05. The van der Waals surface area contributed by atoms with Crippen LogP contribution in [0.25, 0.3) is 0 Å². The minimum atomic E-state index is 0.589. The number of nitrogens with two attached hydrogens (primary N) is 1. The van der Waals surface area contributed by atoms with Crippen LogP contribution in [0.3, 0.4) is 0 Å². The lowest BCUT2D eigenvalue weighted by Crippen LogP contribution is -1.95. The predicted molar refractivity (Wildman–Crippen MR) is 86.5 cm³/mol. The predicted octanol–water partition coefficient (Wildman–Crippen LogP) is 3.90. The number of nitrogens with zero attached hydrogens (tertiary/aromatic N) is 1. The van der Waals surface area contributed by atoms with Crippen molar-refractivity contribution >= 4 is 16.5 Å². The number of benzene rings is 2. The van der Waals surface area contributed by atoms with Crippen LogP contribution < -0.4 is 10.5 Å². The van der Waals surface area contributed by atoms with E-state index < -0.39 is 0 Å². The molecular weight excluding hydrogens is 280 g/mol. The first-order chi connectivity index (χ1) is 10.3. The summed E-state index contributed by atoms with van der Waals surface area (Å²) in [6, 6.07) is 18.3. The molecule has 0 saturated carbocycles. The lowest BCUT2D eigenvalue weighted by atomic mass is 10.1. The molecule has 3 nitrogen and oxygen atoms in total. The molecule has 0 aliphatic rings. The van der Waals surface area contributed by atoms with Crippen LogP contribution in [0.4, 0.5) is 5.13 Å². The van der Waals surface area contributed by atoms with Gasteiger partial charge in [-0.2, -0.15) is 0 Å². The standard InChI is InChI=1S/C17H16N2OS/c18-17-19-11-16(21-17)10-13-6-8-15(9-7-13)20-12-14-4-2-1-3-5-14/h1-9,11H,10,12H2,(H2,18,19). The highest BCUT2D eigenvalue weighted by molar-refractivity contribution is 7.15. The zero-order valence-electron chi connectivity index (χ0n) is 11.5. The van der Waals surface area contributed by atoms with Gasteiger partial charge in [0.15, 0.2) is 5.13 Å². The van der Waals surface area contributed by atoms with Crippen molar-refractivity contribution in [3.63, 3.8) is 0 Å². The molecule has 0 aliphatic heterocycles. The molecule has 0 unspecified atom stereocenters. The van der Waals surface area contributed by atoms with Crippen molar-refractivity contribution in [3.8, 4) is 5.75 Å². The summed E-state index contributed by atoms with van der Waals surface area (Å²) >= 11 is 1.53. The van der Waals surface area contributed by atoms with Crippen LogP contribution in [0.5, 0.6) is 5.75 Å². The Kier molecular flexibility index (Phi) is 4.17. The highest BCUT2D eigenvalue weighted by atomic mass is 32.1.